The van der Waals surface area contributed by atoms with Crippen LogP contribution in [0.3, 0.4) is 0 Å². The molecule has 1 amide bonds. The predicted octanol–water partition coefficient (Wildman–Crippen LogP) is 2.04. The Balaban J connectivity index is 1.55. The molecule has 0 spiro atoms. The number of carbonyl (C=O) groups is 2. The first-order chi connectivity index (χ1) is 13.1. The lowest BCUT2D eigenvalue weighted by Crippen LogP contribution is -2.42. The molecule has 1 unspecified atom stereocenters. The number of rotatable bonds is 5. The van der Waals surface area contributed by atoms with Crippen molar-refractivity contribution >= 4 is 28.0 Å². The Labute approximate surface area is 160 Å². The molecule has 8 heteroatoms. The fourth-order valence-electron chi connectivity index (χ4n) is 3.64. The van der Waals surface area contributed by atoms with E-state index in [-0.39, 0.29) is 30.1 Å². The number of amides is 1. The maximum Gasteiger partial charge on any atom is 0.239 e. The van der Waals surface area contributed by atoms with Gasteiger partial charge in [0.25, 0.3) is 0 Å². The Morgan fingerprint density at radius 2 is 2.30 bits per heavy atom. The first-order valence-corrected chi connectivity index (χ1v) is 9.94. The zero-order valence-corrected chi connectivity index (χ0v) is 15.7. The SMILES string of the molecule is O=C(CN1CCCC(O)C1)Nc1sc2c(c1C(=O)c1ccco1)CCOC2. The van der Waals surface area contributed by atoms with Crippen molar-refractivity contribution in [3.05, 3.63) is 40.2 Å². The minimum absolute atomic E-state index is 0.183. The summed E-state index contributed by atoms with van der Waals surface area (Å²) >= 11 is 1.39. The van der Waals surface area contributed by atoms with Crippen molar-refractivity contribution in [1.82, 2.24) is 4.90 Å². The minimum atomic E-state index is -0.381. The summed E-state index contributed by atoms with van der Waals surface area (Å²) in [7, 11) is 0. The third kappa shape index (κ3) is 3.98. The smallest absolute Gasteiger partial charge is 0.239 e. The van der Waals surface area contributed by atoms with Gasteiger partial charge in [-0.3, -0.25) is 14.5 Å². The second-order valence-corrected chi connectivity index (χ2v) is 8.00. The van der Waals surface area contributed by atoms with Crippen LogP contribution in [0.1, 0.15) is 39.4 Å². The Morgan fingerprint density at radius 1 is 1.41 bits per heavy atom. The maximum atomic E-state index is 13.0. The number of carbonyl (C=O) groups excluding carboxylic acids is 2. The number of ether oxygens (including phenoxy) is 1. The second kappa shape index (κ2) is 7.93. The van der Waals surface area contributed by atoms with Crippen LogP contribution < -0.4 is 5.32 Å². The van der Waals surface area contributed by atoms with Gasteiger partial charge >= 0.3 is 0 Å². The van der Waals surface area contributed by atoms with Gasteiger partial charge in [0.05, 0.1) is 37.7 Å². The number of β-amino-alcohol motifs (C(OH)–C–C–N with tert-alkyl or cyclic N) is 1. The van der Waals surface area contributed by atoms with Gasteiger partial charge in [-0.05, 0) is 43.5 Å². The van der Waals surface area contributed by atoms with Crippen molar-refractivity contribution in [3.63, 3.8) is 0 Å². The Hall–Kier alpha value is -2.00. The molecule has 2 aliphatic heterocycles. The summed E-state index contributed by atoms with van der Waals surface area (Å²) in [6.07, 6.45) is 3.38. The van der Waals surface area contributed by atoms with Gasteiger partial charge in [-0.2, -0.15) is 0 Å². The fraction of sp³-hybridized carbons (Fsp3) is 0.474. The minimum Gasteiger partial charge on any atom is -0.461 e. The summed E-state index contributed by atoms with van der Waals surface area (Å²) in [5, 5.41) is 13.2. The van der Waals surface area contributed by atoms with E-state index in [0.29, 0.717) is 36.7 Å². The van der Waals surface area contributed by atoms with Crippen LogP contribution in [0.15, 0.2) is 22.8 Å². The zero-order valence-electron chi connectivity index (χ0n) is 14.9. The van der Waals surface area contributed by atoms with Crippen LogP contribution in [0.5, 0.6) is 0 Å². The van der Waals surface area contributed by atoms with Crippen LogP contribution in [0, 0.1) is 0 Å². The highest BCUT2D eigenvalue weighted by Crippen LogP contribution is 2.38. The van der Waals surface area contributed by atoms with E-state index in [1.54, 1.807) is 12.1 Å². The predicted molar refractivity (Wildman–Crippen MR) is 100 cm³/mol. The highest BCUT2D eigenvalue weighted by atomic mass is 32.1. The molecular weight excluding hydrogens is 368 g/mol. The monoisotopic (exact) mass is 390 g/mol. The molecule has 1 saturated heterocycles. The summed E-state index contributed by atoms with van der Waals surface area (Å²) in [4.78, 5) is 28.4. The van der Waals surface area contributed by atoms with Crippen molar-refractivity contribution in [2.45, 2.75) is 32.0 Å². The molecular formula is C19H22N2O5S. The summed E-state index contributed by atoms with van der Waals surface area (Å²) in [5.74, 6) is -0.142. The number of anilines is 1. The number of nitrogens with one attached hydrogen (secondary N) is 1. The van der Waals surface area contributed by atoms with Crippen molar-refractivity contribution in [2.75, 3.05) is 31.6 Å². The highest BCUT2D eigenvalue weighted by molar-refractivity contribution is 7.17. The Morgan fingerprint density at radius 3 is 3.07 bits per heavy atom. The molecule has 1 fully saturated rings. The van der Waals surface area contributed by atoms with E-state index in [0.717, 1.165) is 29.8 Å². The summed E-state index contributed by atoms with van der Waals surface area (Å²) in [5.41, 5.74) is 1.46. The molecule has 0 bridgehead atoms. The topological polar surface area (TPSA) is 92.0 Å². The number of aliphatic hydroxyl groups excluding tert-OH is 1. The molecule has 2 aliphatic rings. The van der Waals surface area contributed by atoms with Crippen LogP contribution >= 0.6 is 11.3 Å². The largest absolute Gasteiger partial charge is 0.461 e. The van der Waals surface area contributed by atoms with Gasteiger partial charge in [-0.15, -0.1) is 11.3 Å². The average Bonchev–Trinajstić information content (AvgIpc) is 3.29. The molecule has 4 rings (SSSR count). The molecule has 7 nitrogen and oxygen atoms in total. The molecule has 2 aromatic rings. The van der Waals surface area contributed by atoms with Crippen LogP contribution in [-0.4, -0.2) is 54.0 Å². The lowest BCUT2D eigenvalue weighted by atomic mass is 10.0. The highest BCUT2D eigenvalue weighted by Gasteiger charge is 2.29. The van der Waals surface area contributed by atoms with E-state index in [1.165, 1.54) is 17.6 Å². The lowest BCUT2D eigenvalue weighted by molar-refractivity contribution is -0.117. The van der Waals surface area contributed by atoms with Gasteiger partial charge in [-0.25, -0.2) is 0 Å². The van der Waals surface area contributed by atoms with Crippen LogP contribution in [0.4, 0.5) is 5.00 Å². The molecule has 4 heterocycles. The second-order valence-electron chi connectivity index (χ2n) is 6.90. The van der Waals surface area contributed by atoms with E-state index in [4.69, 9.17) is 9.15 Å². The molecule has 0 aliphatic carbocycles. The molecule has 0 radical (unpaired) electrons. The number of nitrogens with zero attached hydrogens (tertiary/aromatic N) is 1. The molecule has 1 atom stereocenters. The van der Waals surface area contributed by atoms with E-state index in [9.17, 15) is 14.7 Å². The normalized spacial score (nSPS) is 20.3. The van der Waals surface area contributed by atoms with Crippen molar-refractivity contribution in [1.29, 1.82) is 0 Å². The maximum absolute atomic E-state index is 13.0. The number of ketones is 1. The van der Waals surface area contributed by atoms with E-state index in [2.05, 4.69) is 5.32 Å². The third-order valence-corrected chi connectivity index (χ3v) is 6.01. The van der Waals surface area contributed by atoms with Crippen molar-refractivity contribution in [2.24, 2.45) is 0 Å². The van der Waals surface area contributed by atoms with E-state index in [1.807, 2.05) is 4.90 Å². The number of thiophene rings is 1. The van der Waals surface area contributed by atoms with Gasteiger partial charge in [0.1, 0.15) is 5.00 Å². The number of hydrogen-bond acceptors (Lipinski definition) is 7. The summed E-state index contributed by atoms with van der Waals surface area (Å²) in [6.45, 7) is 2.50. The zero-order chi connectivity index (χ0) is 18.8. The van der Waals surface area contributed by atoms with Gasteiger partial charge < -0.3 is 19.6 Å². The lowest BCUT2D eigenvalue weighted by Gasteiger charge is -2.29. The molecule has 2 aromatic heterocycles. The van der Waals surface area contributed by atoms with Gasteiger partial charge in [0.2, 0.25) is 11.7 Å². The third-order valence-electron chi connectivity index (χ3n) is 4.89. The Bertz CT molecular complexity index is 830. The molecule has 27 heavy (non-hydrogen) atoms. The molecule has 144 valence electrons. The number of aliphatic hydroxyl groups is 1. The Kier molecular flexibility index (Phi) is 5.40. The molecule has 2 N–H and O–H groups in total. The van der Waals surface area contributed by atoms with Crippen LogP contribution in [-0.2, 0) is 22.6 Å². The summed E-state index contributed by atoms with van der Waals surface area (Å²) in [6, 6.07) is 3.31. The quantitative estimate of drug-likeness (QED) is 0.759. The van der Waals surface area contributed by atoms with Crippen LogP contribution in [0.25, 0.3) is 0 Å². The number of hydrogen-bond donors (Lipinski definition) is 2. The van der Waals surface area contributed by atoms with Crippen molar-refractivity contribution in [3.8, 4) is 0 Å². The molecule has 0 saturated carbocycles. The van der Waals surface area contributed by atoms with Gasteiger partial charge in [0.15, 0.2) is 5.76 Å². The average molecular weight is 390 g/mol. The number of fused-ring (bicyclic) bond motifs is 1. The van der Waals surface area contributed by atoms with E-state index < -0.39 is 0 Å². The molecule has 0 aromatic carbocycles. The van der Waals surface area contributed by atoms with Crippen molar-refractivity contribution < 1.29 is 23.8 Å². The van der Waals surface area contributed by atoms with Gasteiger partial charge in [-0.1, -0.05) is 0 Å². The standard InChI is InChI=1S/C19H22N2O5S/c22-12-3-1-6-21(9-12)10-16(23)20-19-17(18(24)14-4-2-7-26-14)13-5-8-25-11-15(13)27-19/h2,4,7,12,22H,1,3,5-6,8-11H2,(H,20,23). The number of furan rings is 1. The van der Waals surface area contributed by atoms with Gasteiger partial charge in [0, 0.05) is 11.4 Å². The fourth-order valence-corrected chi connectivity index (χ4v) is 4.83. The first-order valence-electron chi connectivity index (χ1n) is 9.12. The number of likely N-dealkylation sites (tertiary alicyclic amines) is 1. The van der Waals surface area contributed by atoms with Crippen LogP contribution in [0.2, 0.25) is 0 Å². The summed E-state index contributed by atoms with van der Waals surface area (Å²) < 4.78 is 10.8. The number of piperidine rings is 1. The van der Waals surface area contributed by atoms with E-state index >= 15 is 0 Å². The first kappa shape index (κ1) is 18.4.